The molecule has 1 saturated heterocycles. The van der Waals surface area contributed by atoms with Gasteiger partial charge in [-0.15, -0.1) is 11.3 Å². The van der Waals surface area contributed by atoms with Crippen molar-refractivity contribution in [1.29, 1.82) is 0 Å². The molecule has 3 rings (SSSR count). The first-order chi connectivity index (χ1) is 13.9. The molecule has 0 unspecified atom stereocenters. The van der Waals surface area contributed by atoms with E-state index in [2.05, 4.69) is 4.98 Å². The van der Waals surface area contributed by atoms with E-state index >= 15 is 0 Å². The molecule has 4 atom stereocenters. The fourth-order valence-electron chi connectivity index (χ4n) is 3.71. The van der Waals surface area contributed by atoms with Gasteiger partial charge in [-0.3, -0.25) is 4.79 Å². The summed E-state index contributed by atoms with van der Waals surface area (Å²) in [6.45, 7) is 4.32. The van der Waals surface area contributed by atoms with Crippen molar-refractivity contribution in [3.63, 3.8) is 0 Å². The van der Waals surface area contributed by atoms with Gasteiger partial charge in [0.25, 0.3) is 0 Å². The first-order valence-electron chi connectivity index (χ1n) is 9.31. The Hall–Kier alpha value is -1.72. The first-order valence-corrected chi connectivity index (χ1v) is 11.1. The maximum Gasteiger partial charge on any atom is 0.353 e. The summed E-state index contributed by atoms with van der Waals surface area (Å²) in [5.41, 5.74) is 2.51. The fourth-order valence-corrected chi connectivity index (χ4v) is 5.48. The van der Waals surface area contributed by atoms with Gasteiger partial charge in [-0.05, 0) is 24.8 Å². The summed E-state index contributed by atoms with van der Waals surface area (Å²) >= 11 is 2.73. The number of aliphatic carboxylic acids is 1. The van der Waals surface area contributed by atoms with E-state index in [0.29, 0.717) is 24.5 Å². The predicted octanol–water partition coefficient (Wildman–Crippen LogP) is 1.90. The Balaban J connectivity index is 1.71. The highest BCUT2D eigenvalue weighted by molar-refractivity contribution is 8.06. The van der Waals surface area contributed by atoms with Gasteiger partial charge < -0.3 is 25.0 Å². The molecule has 0 radical (unpaired) electrons. The molecule has 158 valence electrons. The minimum absolute atomic E-state index is 0.0101. The molecular weight excluding hydrogens is 416 g/mol. The SMILES string of the molecule is C[C@@H](O)[C@H]1C(=O)N2C(C(=O)O)=C(SC=Cc3scnc3COCCCO)[C@H](C)[C@H]12. The number of carboxylic acids is 1. The molecule has 0 saturated carbocycles. The Kier molecular flexibility index (Phi) is 7.12. The number of fused-ring (bicyclic) bond motifs is 1. The van der Waals surface area contributed by atoms with Crippen LogP contribution in [0.3, 0.4) is 0 Å². The molecule has 1 fully saturated rings. The number of amides is 1. The van der Waals surface area contributed by atoms with Gasteiger partial charge in [0.15, 0.2) is 0 Å². The van der Waals surface area contributed by atoms with E-state index < -0.39 is 18.0 Å². The highest BCUT2D eigenvalue weighted by Crippen LogP contribution is 2.50. The van der Waals surface area contributed by atoms with Gasteiger partial charge in [-0.1, -0.05) is 18.7 Å². The summed E-state index contributed by atoms with van der Waals surface area (Å²) in [5.74, 6) is -2.21. The molecule has 2 aliphatic rings. The monoisotopic (exact) mass is 440 g/mol. The quantitative estimate of drug-likeness (QED) is 0.373. The van der Waals surface area contributed by atoms with Gasteiger partial charge in [0, 0.05) is 24.0 Å². The van der Waals surface area contributed by atoms with Gasteiger partial charge in [0.05, 0.1) is 40.8 Å². The van der Waals surface area contributed by atoms with E-state index in [4.69, 9.17) is 9.84 Å². The average molecular weight is 441 g/mol. The molecule has 1 aromatic heterocycles. The van der Waals surface area contributed by atoms with Crippen molar-refractivity contribution in [3.05, 3.63) is 32.1 Å². The van der Waals surface area contributed by atoms with Crippen LogP contribution >= 0.6 is 23.1 Å². The first kappa shape index (κ1) is 22.0. The maximum absolute atomic E-state index is 12.3. The number of ether oxygens (including phenoxy) is 1. The van der Waals surface area contributed by atoms with Crippen LogP contribution in [0.2, 0.25) is 0 Å². The van der Waals surface area contributed by atoms with E-state index in [-0.39, 0.29) is 30.2 Å². The number of nitrogens with zero attached hydrogens (tertiary/aromatic N) is 2. The van der Waals surface area contributed by atoms with E-state index in [1.54, 1.807) is 17.8 Å². The van der Waals surface area contributed by atoms with Crippen molar-refractivity contribution >= 4 is 41.1 Å². The van der Waals surface area contributed by atoms with Crippen LogP contribution in [0.1, 0.15) is 30.8 Å². The molecular formula is C19H24N2O6S2. The Morgan fingerprint density at radius 3 is 2.93 bits per heavy atom. The van der Waals surface area contributed by atoms with Crippen molar-refractivity contribution in [2.75, 3.05) is 13.2 Å². The zero-order chi connectivity index (χ0) is 21.1. The van der Waals surface area contributed by atoms with Crippen LogP contribution in [0.5, 0.6) is 0 Å². The number of carbonyl (C=O) groups excluding carboxylic acids is 1. The minimum Gasteiger partial charge on any atom is -0.477 e. The van der Waals surface area contributed by atoms with Crippen LogP contribution in [0.25, 0.3) is 6.08 Å². The molecule has 2 aliphatic heterocycles. The second-order valence-corrected chi connectivity index (χ2v) is 8.82. The number of carboxylic acid groups (broad SMARTS) is 1. The van der Waals surface area contributed by atoms with Crippen LogP contribution < -0.4 is 0 Å². The topological polar surface area (TPSA) is 120 Å². The zero-order valence-corrected chi connectivity index (χ0v) is 17.8. The third-order valence-corrected chi connectivity index (χ3v) is 7.01. The Labute approximate surface area is 176 Å². The number of hydrogen-bond donors (Lipinski definition) is 3. The molecule has 0 aromatic carbocycles. The van der Waals surface area contributed by atoms with E-state index in [0.717, 1.165) is 10.6 Å². The zero-order valence-electron chi connectivity index (χ0n) is 16.1. The molecule has 10 heteroatoms. The predicted molar refractivity (Wildman–Crippen MR) is 110 cm³/mol. The fraction of sp³-hybridized carbons (Fsp3) is 0.526. The normalized spacial score (nSPS) is 24.9. The third kappa shape index (κ3) is 4.26. The van der Waals surface area contributed by atoms with Crippen LogP contribution in [0.15, 0.2) is 21.5 Å². The summed E-state index contributed by atoms with van der Waals surface area (Å²) in [4.78, 5) is 31.3. The van der Waals surface area contributed by atoms with Crippen molar-refractivity contribution in [2.45, 2.75) is 39.0 Å². The molecule has 1 aromatic rings. The molecule has 0 spiro atoms. The van der Waals surface area contributed by atoms with Crippen LogP contribution in [0.4, 0.5) is 0 Å². The number of aromatic nitrogens is 1. The molecule has 8 nitrogen and oxygen atoms in total. The third-order valence-electron chi connectivity index (χ3n) is 5.08. The molecule has 3 N–H and O–H groups in total. The van der Waals surface area contributed by atoms with Crippen molar-refractivity contribution in [2.24, 2.45) is 11.8 Å². The van der Waals surface area contributed by atoms with Crippen LogP contribution in [-0.2, 0) is 20.9 Å². The minimum atomic E-state index is -1.14. The standard InChI is InChI=1S/C19H24N2O6S2/c1-10-15-14(11(2)23)18(24)21(15)16(19(25)26)17(10)28-7-4-13-12(20-9-29-13)8-27-6-3-5-22/h4,7,9-11,14-15,22-23H,3,5-6,8H2,1-2H3,(H,25,26)/t10-,11-,14-,15-/m1/s1. The smallest absolute Gasteiger partial charge is 0.353 e. The number of aliphatic hydroxyl groups excluding tert-OH is 2. The lowest BCUT2D eigenvalue weighted by Crippen LogP contribution is -2.63. The van der Waals surface area contributed by atoms with Gasteiger partial charge in [0.1, 0.15) is 5.70 Å². The number of thioether (sulfide) groups is 1. The van der Waals surface area contributed by atoms with E-state index in [1.807, 2.05) is 13.0 Å². The van der Waals surface area contributed by atoms with Gasteiger partial charge >= 0.3 is 5.97 Å². The maximum atomic E-state index is 12.3. The van der Waals surface area contributed by atoms with E-state index in [1.165, 1.54) is 28.0 Å². The molecule has 1 amide bonds. The lowest BCUT2D eigenvalue weighted by Gasteiger charge is -2.46. The second-order valence-electron chi connectivity index (χ2n) is 6.99. The summed E-state index contributed by atoms with van der Waals surface area (Å²) in [7, 11) is 0. The molecule has 0 bridgehead atoms. The van der Waals surface area contributed by atoms with Crippen LogP contribution in [-0.4, -0.2) is 62.4 Å². The second kappa shape index (κ2) is 9.40. The lowest BCUT2D eigenvalue weighted by molar-refractivity contribution is -0.163. The number of rotatable bonds is 10. The number of β-lactam (4-membered cyclic amide) rings is 1. The summed E-state index contributed by atoms with van der Waals surface area (Å²) in [6, 6.07) is -0.316. The molecule has 3 heterocycles. The summed E-state index contributed by atoms with van der Waals surface area (Å²) in [6.07, 6.45) is 1.61. The highest BCUT2D eigenvalue weighted by atomic mass is 32.2. The summed E-state index contributed by atoms with van der Waals surface area (Å²) < 4.78 is 5.48. The largest absolute Gasteiger partial charge is 0.477 e. The summed E-state index contributed by atoms with van der Waals surface area (Å²) in [5, 5.41) is 30.1. The van der Waals surface area contributed by atoms with Gasteiger partial charge in [-0.2, -0.15) is 0 Å². The van der Waals surface area contributed by atoms with Crippen molar-refractivity contribution in [3.8, 4) is 0 Å². The number of aliphatic hydroxyl groups is 2. The number of hydrogen-bond acceptors (Lipinski definition) is 8. The highest BCUT2D eigenvalue weighted by Gasteiger charge is 2.59. The van der Waals surface area contributed by atoms with Gasteiger partial charge in [-0.25, -0.2) is 9.78 Å². The van der Waals surface area contributed by atoms with E-state index in [9.17, 15) is 19.8 Å². The molecule has 29 heavy (non-hydrogen) atoms. The van der Waals surface area contributed by atoms with Crippen LogP contribution in [0, 0.1) is 11.8 Å². The number of carbonyl (C=O) groups is 2. The Bertz CT molecular complexity index is 834. The Morgan fingerprint density at radius 1 is 1.52 bits per heavy atom. The van der Waals surface area contributed by atoms with Crippen molar-refractivity contribution < 1.29 is 29.6 Å². The average Bonchev–Trinajstić information content (AvgIpc) is 3.20. The van der Waals surface area contributed by atoms with Crippen molar-refractivity contribution in [1.82, 2.24) is 9.88 Å². The number of thiazole rings is 1. The van der Waals surface area contributed by atoms with Gasteiger partial charge in [0.2, 0.25) is 5.91 Å². The lowest BCUT2D eigenvalue weighted by atomic mass is 9.79. The molecule has 0 aliphatic carbocycles. The Morgan fingerprint density at radius 2 is 2.28 bits per heavy atom.